The van der Waals surface area contributed by atoms with Gasteiger partial charge in [0, 0.05) is 26.6 Å². The first-order valence-corrected chi connectivity index (χ1v) is 4.97. The number of esters is 1. The van der Waals surface area contributed by atoms with Crippen LogP contribution in [-0.4, -0.2) is 36.6 Å². The molecule has 0 aromatic rings. The second kappa shape index (κ2) is 4.61. The van der Waals surface area contributed by atoms with Crippen molar-refractivity contribution in [1.29, 1.82) is 0 Å². The van der Waals surface area contributed by atoms with Gasteiger partial charge in [-0.05, 0) is 12.3 Å². The molecule has 0 spiro atoms. The smallest absolute Gasteiger partial charge is 0.302 e. The predicted molar refractivity (Wildman–Crippen MR) is 51.4 cm³/mol. The van der Waals surface area contributed by atoms with Crippen LogP contribution in [0.5, 0.6) is 0 Å². The van der Waals surface area contributed by atoms with Crippen LogP contribution in [0.25, 0.3) is 0 Å². The van der Waals surface area contributed by atoms with E-state index >= 15 is 0 Å². The summed E-state index contributed by atoms with van der Waals surface area (Å²) in [5.41, 5.74) is 0. The molecule has 1 unspecified atom stereocenters. The summed E-state index contributed by atoms with van der Waals surface area (Å²) < 4.78 is 5.14. The van der Waals surface area contributed by atoms with Crippen molar-refractivity contribution in [2.45, 2.75) is 33.3 Å². The third kappa shape index (κ3) is 3.77. The topological polar surface area (TPSA) is 29.5 Å². The highest BCUT2D eigenvalue weighted by molar-refractivity contribution is 5.66. The van der Waals surface area contributed by atoms with E-state index in [9.17, 15) is 4.79 Å². The molecule has 1 aliphatic rings. The van der Waals surface area contributed by atoms with Crippen LogP contribution >= 0.6 is 0 Å². The minimum Gasteiger partial charge on any atom is -0.461 e. The van der Waals surface area contributed by atoms with Gasteiger partial charge in [-0.3, -0.25) is 9.69 Å². The third-order valence-electron chi connectivity index (χ3n) is 2.19. The lowest BCUT2D eigenvalue weighted by atomic mass is 10.2. The van der Waals surface area contributed by atoms with E-state index in [1.807, 2.05) is 0 Å². The molecule has 76 valence electrons. The van der Waals surface area contributed by atoms with Crippen molar-refractivity contribution in [3.8, 4) is 0 Å². The van der Waals surface area contributed by atoms with E-state index in [0.717, 1.165) is 26.1 Å². The van der Waals surface area contributed by atoms with Crippen molar-refractivity contribution in [1.82, 2.24) is 4.90 Å². The molecule has 0 saturated carbocycles. The molecule has 0 N–H and O–H groups in total. The van der Waals surface area contributed by atoms with Crippen LogP contribution in [0.15, 0.2) is 0 Å². The zero-order valence-corrected chi connectivity index (χ0v) is 8.75. The molecule has 1 fully saturated rings. The normalized spacial score (nSPS) is 23.8. The molecule has 3 nitrogen and oxygen atoms in total. The van der Waals surface area contributed by atoms with E-state index in [1.54, 1.807) is 0 Å². The Bertz CT molecular complexity index is 180. The quantitative estimate of drug-likeness (QED) is 0.620. The first-order valence-electron chi connectivity index (χ1n) is 4.97. The summed E-state index contributed by atoms with van der Waals surface area (Å²) in [7, 11) is 0. The highest BCUT2D eigenvalue weighted by Gasteiger charge is 2.24. The zero-order chi connectivity index (χ0) is 9.84. The minimum atomic E-state index is -0.156. The van der Waals surface area contributed by atoms with Crippen LogP contribution in [0.4, 0.5) is 0 Å². The van der Waals surface area contributed by atoms with Gasteiger partial charge in [-0.25, -0.2) is 0 Å². The fraction of sp³-hybridized carbons (Fsp3) is 0.900. The average Bonchev–Trinajstić information content (AvgIpc) is 2.33. The molecular weight excluding hydrogens is 166 g/mol. The maximum Gasteiger partial charge on any atom is 0.302 e. The van der Waals surface area contributed by atoms with Crippen molar-refractivity contribution in [2.24, 2.45) is 5.92 Å². The van der Waals surface area contributed by atoms with E-state index in [4.69, 9.17) is 4.74 Å². The standard InChI is InChI=1S/C10H19NO2/c1-8(2)6-11-5-4-10(7-11)13-9(3)12/h8,10H,4-7H2,1-3H3. The molecule has 13 heavy (non-hydrogen) atoms. The number of likely N-dealkylation sites (tertiary alicyclic amines) is 1. The fourth-order valence-corrected chi connectivity index (χ4v) is 1.81. The number of hydrogen-bond donors (Lipinski definition) is 0. The molecule has 0 aromatic heterocycles. The summed E-state index contributed by atoms with van der Waals surface area (Å²) in [5.74, 6) is 0.535. The SMILES string of the molecule is CC(=O)OC1CCN(CC(C)C)C1. The van der Waals surface area contributed by atoms with Gasteiger partial charge in [0.2, 0.25) is 0 Å². The largest absolute Gasteiger partial charge is 0.461 e. The number of carbonyl (C=O) groups excluding carboxylic acids is 1. The van der Waals surface area contributed by atoms with Crippen molar-refractivity contribution in [3.05, 3.63) is 0 Å². The minimum absolute atomic E-state index is 0.135. The number of hydrogen-bond acceptors (Lipinski definition) is 3. The monoisotopic (exact) mass is 185 g/mol. The van der Waals surface area contributed by atoms with Crippen molar-refractivity contribution < 1.29 is 9.53 Å². The molecule has 0 aliphatic carbocycles. The molecule has 1 aliphatic heterocycles. The Kier molecular flexibility index (Phi) is 3.72. The summed E-state index contributed by atoms with van der Waals surface area (Å²) >= 11 is 0. The van der Waals surface area contributed by atoms with Gasteiger partial charge in [-0.15, -0.1) is 0 Å². The Morgan fingerprint density at radius 3 is 2.85 bits per heavy atom. The Hall–Kier alpha value is -0.570. The lowest BCUT2D eigenvalue weighted by Gasteiger charge is -2.17. The van der Waals surface area contributed by atoms with E-state index in [-0.39, 0.29) is 12.1 Å². The van der Waals surface area contributed by atoms with Gasteiger partial charge in [-0.1, -0.05) is 13.8 Å². The summed E-state index contributed by atoms with van der Waals surface area (Å²) in [6.07, 6.45) is 1.13. The van der Waals surface area contributed by atoms with E-state index in [2.05, 4.69) is 18.7 Å². The lowest BCUT2D eigenvalue weighted by Crippen LogP contribution is -2.27. The van der Waals surface area contributed by atoms with Gasteiger partial charge in [0.25, 0.3) is 0 Å². The van der Waals surface area contributed by atoms with E-state index in [1.165, 1.54) is 6.92 Å². The molecule has 1 heterocycles. The highest BCUT2D eigenvalue weighted by atomic mass is 16.5. The first kappa shape index (κ1) is 10.5. The molecule has 0 bridgehead atoms. The van der Waals surface area contributed by atoms with E-state index < -0.39 is 0 Å². The second-order valence-electron chi connectivity index (χ2n) is 4.17. The van der Waals surface area contributed by atoms with Crippen LogP contribution < -0.4 is 0 Å². The third-order valence-corrected chi connectivity index (χ3v) is 2.19. The summed E-state index contributed by atoms with van der Waals surface area (Å²) in [6.45, 7) is 8.98. The summed E-state index contributed by atoms with van der Waals surface area (Å²) in [4.78, 5) is 13.0. The Morgan fingerprint density at radius 1 is 1.62 bits per heavy atom. The lowest BCUT2D eigenvalue weighted by molar-refractivity contribution is -0.145. The Balaban J connectivity index is 2.24. The molecule has 0 amide bonds. The maximum absolute atomic E-state index is 10.7. The highest BCUT2D eigenvalue weighted by Crippen LogP contribution is 2.14. The van der Waals surface area contributed by atoms with Gasteiger partial charge < -0.3 is 4.74 Å². The molecule has 1 saturated heterocycles. The molecule has 0 aromatic carbocycles. The van der Waals surface area contributed by atoms with Gasteiger partial charge >= 0.3 is 5.97 Å². The van der Waals surface area contributed by atoms with Gasteiger partial charge in [0.15, 0.2) is 0 Å². The number of nitrogens with zero attached hydrogens (tertiary/aromatic N) is 1. The second-order valence-corrected chi connectivity index (χ2v) is 4.17. The van der Waals surface area contributed by atoms with Crippen LogP contribution in [0, 0.1) is 5.92 Å². The molecule has 1 atom stereocenters. The van der Waals surface area contributed by atoms with Gasteiger partial charge in [0.1, 0.15) is 6.10 Å². The fourth-order valence-electron chi connectivity index (χ4n) is 1.81. The predicted octanol–water partition coefficient (Wildman–Crippen LogP) is 1.28. The van der Waals surface area contributed by atoms with Crippen LogP contribution in [-0.2, 0) is 9.53 Å². The van der Waals surface area contributed by atoms with Gasteiger partial charge in [0.05, 0.1) is 0 Å². The van der Waals surface area contributed by atoms with Gasteiger partial charge in [-0.2, -0.15) is 0 Å². The number of rotatable bonds is 3. The molecule has 3 heteroatoms. The Morgan fingerprint density at radius 2 is 2.31 bits per heavy atom. The molecule has 1 rings (SSSR count). The van der Waals surface area contributed by atoms with Crippen LogP contribution in [0.2, 0.25) is 0 Å². The number of carbonyl (C=O) groups is 1. The molecule has 0 radical (unpaired) electrons. The maximum atomic E-state index is 10.7. The first-order chi connectivity index (χ1) is 6.08. The summed E-state index contributed by atoms with van der Waals surface area (Å²) in [5, 5.41) is 0. The van der Waals surface area contributed by atoms with Crippen molar-refractivity contribution >= 4 is 5.97 Å². The average molecular weight is 185 g/mol. The van der Waals surface area contributed by atoms with Crippen LogP contribution in [0.1, 0.15) is 27.2 Å². The Labute approximate surface area is 80.1 Å². The molecular formula is C10H19NO2. The van der Waals surface area contributed by atoms with Crippen molar-refractivity contribution in [2.75, 3.05) is 19.6 Å². The zero-order valence-electron chi connectivity index (χ0n) is 8.75. The van der Waals surface area contributed by atoms with Crippen molar-refractivity contribution in [3.63, 3.8) is 0 Å². The van der Waals surface area contributed by atoms with Crippen LogP contribution in [0.3, 0.4) is 0 Å². The number of ether oxygens (including phenoxy) is 1. The summed E-state index contributed by atoms with van der Waals surface area (Å²) in [6, 6.07) is 0. The van der Waals surface area contributed by atoms with E-state index in [0.29, 0.717) is 5.92 Å².